The molecule has 1 aromatic rings. The summed E-state index contributed by atoms with van der Waals surface area (Å²) < 4.78 is 5.13. The zero-order chi connectivity index (χ0) is 16.2. The lowest BCUT2D eigenvalue weighted by molar-refractivity contribution is -0.149. The maximum Gasteiger partial charge on any atom is 0.496 e. The topological polar surface area (TPSA) is 107 Å². The van der Waals surface area contributed by atoms with Gasteiger partial charge in [0, 0.05) is 5.33 Å². The maximum atomic E-state index is 12.1. The highest BCUT2D eigenvalue weighted by Crippen LogP contribution is 2.30. The summed E-state index contributed by atoms with van der Waals surface area (Å²) in [6, 6.07) is 2.42. The first-order valence-corrected chi connectivity index (χ1v) is 7.49. The molecule has 0 aliphatic rings. The SMILES string of the molecule is CC(C)(C(=O)OCCCBr)c1cc(O)c(B(O)O)c(O)c1. The Hall–Kier alpha value is -1.25. The van der Waals surface area contributed by atoms with Gasteiger partial charge in [0.1, 0.15) is 11.5 Å². The van der Waals surface area contributed by atoms with E-state index in [1.807, 2.05) is 0 Å². The summed E-state index contributed by atoms with van der Waals surface area (Å²) in [6.45, 7) is 3.44. The van der Waals surface area contributed by atoms with Crippen molar-refractivity contribution in [2.24, 2.45) is 0 Å². The second-order valence-corrected chi connectivity index (χ2v) is 5.90. The number of halogens is 1. The third kappa shape index (κ3) is 4.12. The highest BCUT2D eigenvalue weighted by Gasteiger charge is 2.34. The summed E-state index contributed by atoms with van der Waals surface area (Å²) in [6.07, 6.45) is 0.675. The standard InChI is InChI=1S/C13H18BBrO6/c1-13(2,12(18)21-5-3-4-15)8-6-9(16)11(14(19)20)10(17)7-8/h6-7,16-17,19-20H,3-5H2,1-2H3. The molecule has 116 valence electrons. The van der Waals surface area contributed by atoms with Crippen molar-refractivity contribution in [3.05, 3.63) is 17.7 Å². The van der Waals surface area contributed by atoms with E-state index in [0.29, 0.717) is 17.3 Å². The molecule has 6 nitrogen and oxygen atoms in total. The van der Waals surface area contributed by atoms with Crippen LogP contribution in [0.5, 0.6) is 11.5 Å². The van der Waals surface area contributed by atoms with Gasteiger partial charge in [-0.25, -0.2) is 0 Å². The molecule has 4 N–H and O–H groups in total. The van der Waals surface area contributed by atoms with E-state index in [1.165, 1.54) is 12.1 Å². The number of carbonyl (C=O) groups excluding carboxylic acids is 1. The molecule has 1 aromatic carbocycles. The largest absolute Gasteiger partial charge is 0.508 e. The molecule has 0 heterocycles. The molecule has 8 heteroatoms. The van der Waals surface area contributed by atoms with Gasteiger partial charge in [-0.3, -0.25) is 4.79 Å². The fourth-order valence-corrected chi connectivity index (χ4v) is 1.99. The first-order chi connectivity index (χ1) is 9.71. The summed E-state index contributed by atoms with van der Waals surface area (Å²) in [5.41, 5.74) is -1.19. The van der Waals surface area contributed by atoms with Gasteiger partial charge in [0.15, 0.2) is 0 Å². The van der Waals surface area contributed by atoms with Crippen molar-refractivity contribution in [2.75, 3.05) is 11.9 Å². The molecule has 0 saturated carbocycles. The molecule has 0 spiro atoms. The minimum absolute atomic E-state index is 0.263. The van der Waals surface area contributed by atoms with E-state index >= 15 is 0 Å². The lowest BCUT2D eigenvalue weighted by atomic mass is 9.75. The van der Waals surface area contributed by atoms with Crippen LogP contribution in [0.25, 0.3) is 0 Å². The molecule has 0 aromatic heterocycles. The van der Waals surface area contributed by atoms with Crippen LogP contribution in [0.2, 0.25) is 0 Å². The number of phenolic OH excluding ortho intramolecular Hbond substituents is 2. The fourth-order valence-electron chi connectivity index (χ4n) is 1.77. The van der Waals surface area contributed by atoms with Crippen LogP contribution in [-0.2, 0) is 14.9 Å². The van der Waals surface area contributed by atoms with E-state index in [2.05, 4.69) is 15.9 Å². The lowest BCUT2D eigenvalue weighted by Crippen LogP contribution is -2.34. The molecular weight excluding hydrogens is 343 g/mol. The number of aromatic hydroxyl groups is 2. The van der Waals surface area contributed by atoms with E-state index in [9.17, 15) is 15.0 Å². The van der Waals surface area contributed by atoms with Crippen LogP contribution in [0.15, 0.2) is 12.1 Å². The monoisotopic (exact) mass is 360 g/mol. The molecular formula is C13H18BBrO6. The second-order valence-electron chi connectivity index (χ2n) is 5.11. The predicted molar refractivity (Wildman–Crippen MR) is 82.0 cm³/mol. The second kappa shape index (κ2) is 7.15. The minimum Gasteiger partial charge on any atom is -0.508 e. The van der Waals surface area contributed by atoms with Gasteiger partial charge >= 0.3 is 13.1 Å². The van der Waals surface area contributed by atoms with Gasteiger partial charge in [-0.15, -0.1) is 0 Å². The summed E-state index contributed by atoms with van der Waals surface area (Å²) in [5, 5.41) is 38.4. The van der Waals surface area contributed by atoms with Crippen LogP contribution < -0.4 is 5.46 Å². The molecule has 21 heavy (non-hydrogen) atoms. The van der Waals surface area contributed by atoms with Crippen LogP contribution in [0.4, 0.5) is 0 Å². The number of hydrogen-bond donors (Lipinski definition) is 4. The van der Waals surface area contributed by atoms with E-state index < -0.39 is 35.5 Å². The molecule has 0 amide bonds. The highest BCUT2D eigenvalue weighted by molar-refractivity contribution is 9.09. The van der Waals surface area contributed by atoms with Crippen LogP contribution in [-0.4, -0.2) is 45.3 Å². The molecule has 1 rings (SSSR count). The Morgan fingerprint density at radius 2 is 1.81 bits per heavy atom. The molecule has 0 aliphatic carbocycles. The molecule has 0 unspecified atom stereocenters. The Balaban J connectivity index is 3.06. The molecule has 0 aliphatic heterocycles. The van der Waals surface area contributed by atoms with Crippen molar-refractivity contribution in [2.45, 2.75) is 25.7 Å². The number of hydrogen-bond acceptors (Lipinski definition) is 6. The van der Waals surface area contributed by atoms with Crippen molar-refractivity contribution < 1.29 is 29.8 Å². The van der Waals surface area contributed by atoms with Gasteiger partial charge in [0.2, 0.25) is 0 Å². The summed E-state index contributed by atoms with van der Waals surface area (Å²) in [4.78, 5) is 12.1. The number of phenols is 2. The van der Waals surface area contributed by atoms with Crippen LogP contribution in [0, 0.1) is 0 Å². The Labute approximate surface area is 131 Å². The summed E-state index contributed by atoms with van der Waals surface area (Å²) in [7, 11) is -2.01. The molecule has 0 saturated heterocycles. The Bertz CT molecular complexity index is 494. The van der Waals surface area contributed by atoms with Crippen LogP contribution >= 0.6 is 15.9 Å². The zero-order valence-corrected chi connectivity index (χ0v) is 13.4. The van der Waals surface area contributed by atoms with Gasteiger partial charge in [0.25, 0.3) is 0 Å². The molecule has 0 atom stereocenters. The number of esters is 1. The van der Waals surface area contributed by atoms with Gasteiger partial charge in [0.05, 0.1) is 17.5 Å². The first kappa shape index (κ1) is 17.8. The number of ether oxygens (including phenoxy) is 1. The molecule has 0 bridgehead atoms. The van der Waals surface area contributed by atoms with E-state index in [1.54, 1.807) is 13.8 Å². The summed E-state index contributed by atoms with van der Waals surface area (Å²) >= 11 is 3.23. The Morgan fingerprint density at radius 1 is 1.29 bits per heavy atom. The fraction of sp³-hybridized carbons (Fsp3) is 0.462. The van der Waals surface area contributed by atoms with Gasteiger partial charge in [-0.05, 0) is 38.0 Å². The van der Waals surface area contributed by atoms with Crippen LogP contribution in [0.1, 0.15) is 25.8 Å². The lowest BCUT2D eigenvalue weighted by Gasteiger charge is -2.24. The van der Waals surface area contributed by atoms with Crippen molar-refractivity contribution in [1.29, 1.82) is 0 Å². The average Bonchev–Trinajstić information content (AvgIpc) is 2.37. The van der Waals surface area contributed by atoms with Crippen molar-refractivity contribution in [3.63, 3.8) is 0 Å². The first-order valence-electron chi connectivity index (χ1n) is 6.37. The summed E-state index contributed by atoms with van der Waals surface area (Å²) in [5.74, 6) is -1.50. The van der Waals surface area contributed by atoms with Crippen molar-refractivity contribution in [3.8, 4) is 11.5 Å². The van der Waals surface area contributed by atoms with E-state index in [0.717, 1.165) is 0 Å². The van der Waals surface area contributed by atoms with Gasteiger partial charge in [-0.1, -0.05) is 15.9 Å². The van der Waals surface area contributed by atoms with E-state index in [-0.39, 0.29) is 6.61 Å². The molecule has 0 fully saturated rings. The van der Waals surface area contributed by atoms with Gasteiger partial charge in [-0.2, -0.15) is 0 Å². The third-order valence-electron chi connectivity index (χ3n) is 3.14. The zero-order valence-electron chi connectivity index (χ0n) is 11.8. The smallest absolute Gasteiger partial charge is 0.496 e. The number of benzene rings is 1. The number of alkyl halides is 1. The normalized spacial score (nSPS) is 11.3. The number of carbonyl (C=O) groups is 1. The quantitative estimate of drug-likeness (QED) is 0.253. The van der Waals surface area contributed by atoms with Crippen LogP contribution in [0.3, 0.4) is 0 Å². The average molecular weight is 361 g/mol. The Morgan fingerprint density at radius 3 is 2.24 bits per heavy atom. The van der Waals surface area contributed by atoms with E-state index in [4.69, 9.17) is 14.8 Å². The van der Waals surface area contributed by atoms with Gasteiger partial charge < -0.3 is 25.0 Å². The predicted octanol–water partition coefficient (Wildman–Crippen LogP) is 0.383. The Kier molecular flexibility index (Phi) is 6.06. The third-order valence-corrected chi connectivity index (χ3v) is 3.70. The molecule has 0 radical (unpaired) electrons. The number of rotatable bonds is 6. The van der Waals surface area contributed by atoms with Crippen molar-refractivity contribution >= 4 is 34.5 Å². The highest BCUT2D eigenvalue weighted by atomic mass is 79.9. The van der Waals surface area contributed by atoms with Crippen molar-refractivity contribution in [1.82, 2.24) is 0 Å². The maximum absolute atomic E-state index is 12.1. The minimum atomic E-state index is -2.01.